The maximum Gasteiger partial charge on any atom is 0.0772 e. The van der Waals surface area contributed by atoms with Crippen LogP contribution < -0.4 is 4.90 Å². The fraction of sp³-hybridized carbons (Fsp3) is 0.500. The van der Waals surface area contributed by atoms with Crippen LogP contribution in [0.25, 0.3) is 0 Å². The zero-order chi connectivity index (χ0) is 10.8. The second-order valence-corrected chi connectivity index (χ2v) is 4.93. The van der Waals surface area contributed by atoms with Gasteiger partial charge in [0.2, 0.25) is 0 Å². The second kappa shape index (κ2) is 4.54. The van der Waals surface area contributed by atoms with Gasteiger partial charge in [-0.1, -0.05) is 22.0 Å². The van der Waals surface area contributed by atoms with Crippen LogP contribution in [0.15, 0.2) is 22.7 Å². The predicted molar refractivity (Wildman–Crippen MR) is 66.2 cm³/mol. The van der Waals surface area contributed by atoms with Gasteiger partial charge in [-0.25, -0.2) is 0 Å². The minimum Gasteiger partial charge on any atom is -0.389 e. The number of rotatable bonds is 2. The number of aliphatic hydroxyl groups excluding tert-OH is 1. The lowest BCUT2D eigenvalue weighted by Crippen LogP contribution is -2.17. The van der Waals surface area contributed by atoms with Gasteiger partial charge >= 0.3 is 0 Å². The average molecular weight is 270 g/mol. The first-order valence-corrected chi connectivity index (χ1v) is 6.20. The quantitative estimate of drug-likeness (QED) is 0.892. The number of nitrogens with zero attached hydrogens (tertiary/aromatic N) is 1. The maximum atomic E-state index is 9.52. The standard InChI is InChI=1S/C12H16BrNO/c1-9(15)11-5-4-10(8-12(11)13)14-6-2-3-7-14/h4-5,8-9,15H,2-3,6-7H2,1H3/t9-/m1/s1. The van der Waals surface area contributed by atoms with Crippen molar-refractivity contribution >= 4 is 21.6 Å². The van der Waals surface area contributed by atoms with Crippen molar-refractivity contribution < 1.29 is 5.11 Å². The molecule has 0 unspecified atom stereocenters. The summed E-state index contributed by atoms with van der Waals surface area (Å²) in [5.41, 5.74) is 2.21. The van der Waals surface area contributed by atoms with E-state index >= 15 is 0 Å². The van der Waals surface area contributed by atoms with Crippen LogP contribution in [0, 0.1) is 0 Å². The van der Waals surface area contributed by atoms with Crippen LogP contribution >= 0.6 is 15.9 Å². The van der Waals surface area contributed by atoms with Crippen molar-refractivity contribution in [2.75, 3.05) is 18.0 Å². The molecule has 15 heavy (non-hydrogen) atoms. The monoisotopic (exact) mass is 269 g/mol. The molecule has 1 aliphatic rings. The van der Waals surface area contributed by atoms with Crippen LogP contribution in [0.3, 0.4) is 0 Å². The van der Waals surface area contributed by atoms with E-state index in [2.05, 4.69) is 33.0 Å². The molecule has 0 spiro atoms. The van der Waals surface area contributed by atoms with E-state index in [4.69, 9.17) is 0 Å². The smallest absolute Gasteiger partial charge is 0.0772 e. The summed E-state index contributed by atoms with van der Waals surface area (Å²) in [7, 11) is 0. The van der Waals surface area contributed by atoms with E-state index in [1.165, 1.54) is 18.5 Å². The lowest BCUT2D eigenvalue weighted by atomic mass is 10.1. The van der Waals surface area contributed by atoms with Gasteiger partial charge in [-0.05, 0) is 37.5 Å². The summed E-state index contributed by atoms with van der Waals surface area (Å²) in [5, 5.41) is 9.52. The van der Waals surface area contributed by atoms with Crippen LogP contribution in [0.5, 0.6) is 0 Å². The van der Waals surface area contributed by atoms with Crippen molar-refractivity contribution in [3.8, 4) is 0 Å². The molecule has 1 atom stereocenters. The number of anilines is 1. The van der Waals surface area contributed by atoms with E-state index in [1.54, 1.807) is 6.92 Å². The number of halogens is 1. The second-order valence-electron chi connectivity index (χ2n) is 4.08. The number of hydrogen-bond donors (Lipinski definition) is 1. The minimum absolute atomic E-state index is 0.410. The lowest BCUT2D eigenvalue weighted by molar-refractivity contribution is 0.198. The maximum absolute atomic E-state index is 9.52. The average Bonchev–Trinajstić information content (AvgIpc) is 2.69. The van der Waals surface area contributed by atoms with E-state index in [9.17, 15) is 5.11 Å². The molecule has 0 bridgehead atoms. The van der Waals surface area contributed by atoms with Crippen LogP contribution in [0.1, 0.15) is 31.4 Å². The van der Waals surface area contributed by atoms with Crippen LogP contribution in [-0.4, -0.2) is 18.2 Å². The fourth-order valence-electron chi connectivity index (χ4n) is 2.03. The van der Waals surface area contributed by atoms with E-state index in [0.717, 1.165) is 23.1 Å². The molecule has 0 saturated carbocycles. The van der Waals surface area contributed by atoms with E-state index in [1.807, 2.05) is 6.07 Å². The molecule has 1 aromatic carbocycles. The van der Waals surface area contributed by atoms with Gasteiger partial charge < -0.3 is 10.0 Å². The van der Waals surface area contributed by atoms with Crippen LogP contribution in [0.4, 0.5) is 5.69 Å². The Bertz CT molecular complexity index is 345. The molecule has 1 aliphatic heterocycles. The Morgan fingerprint density at radius 3 is 2.53 bits per heavy atom. The molecule has 2 rings (SSSR count). The van der Waals surface area contributed by atoms with Crippen LogP contribution in [0.2, 0.25) is 0 Å². The largest absolute Gasteiger partial charge is 0.389 e. The van der Waals surface area contributed by atoms with Crippen molar-refractivity contribution in [2.24, 2.45) is 0 Å². The van der Waals surface area contributed by atoms with E-state index < -0.39 is 6.10 Å². The Hall–Kier alpha value is -0.540. The van der Waals surface area contributed by atoms with Crippen molar-refractivity contribution in [2.45, 2.75) is 25.9 Å². The molecule has 2 nitrogen and oxygen atoms in total. The molecule has 0 amide bonds. The first-order chi connectivity index (χ1) is 7.18. The molecule has 0 aromatic heterocycles. The Labute approximate surface area is 99.0 Å². The van der Waals surface area contributed by atoms with Gasteiger partial charge in [0.15, 0.2) is 0 Å². The zero-order valence-corrected chi connectivity index (χ0v) is 10.5. The Morgan fingerprint density at radius 2 is 2.00 bits per heavy atom. The fourth-order valence-corrected chi connectivity index (χ4v) is 2.72. The summed E-state index contributed by atoms with van der Waals surface area (Å²) in [5.74, 6) is 0. The normalized spacial score (nSPS) is 18.2. The summed E-state index contributed by atoms with van der Waals surface area (Å²) in [6.45, 7) is 4.09. The predicted octanol–water partition coefficient (Wildman–Crippen LogP) is 3.10. The molecule has 1 heterocycles. The number of benzene rings is 1. The third kappa shape index (κ3) is 2.34. The Balaban J connectivity index is 2.24. The van der Waals surface area contributed by atoms with Crippen molar-refractivity contribution in [3.05, 3.63) is 28.2 Å². The summed E-state index contributed by atoms with van der Waals surface area (Å²) in [4.78, 5) is 2.39. The van der Waals surface area contributed by atoms with Gasteiger partial charge in [-0.3, -0.25) is 0 Å². The molecular weight excluding hydrogens is 254 g/mol. The zero-order valence-electron chi connectivity index (χ0n) is 8.91. The number of hydrogen-bond acceptors (Lipinski definition) is 2. The molecule has 1 N–H and O–H groups in total. The molecule has 0 radical (unpaired) electrons. The van der Waals surface area contributed by atoms with Gasteiger partial charge in [-0.2, -0.15) is 0 Å². The van der Waals surface area contributed by atoms with Gasteiger partial charge in [-0.15, -0.1) is 0 Å². The highest BCUT2D eigenvalue weighted by Crippen LogP contribution is 2.29. The van der Waals surface area contributed by atoms with Gasteiger partial charge in [0.1, 0.15) is 0 Å². The lowest BCUT2D eigenvalue weighted by Gasteiger charge is -2.19. The van der Waals surface area contributed by atoms with Gasteiger partial charge in [0.25, 0.3) is 0 Å². The van der Waals surface area contributed by atoms with Crippen molar-refractivity contribution in [1.29, 1.82) is 0 Å². The Morgan fingerprint density at radius 1 is 1.33 bits per heavy atom. The first kappa shape index (κ1) is 11.0. The summed E-state index contributed by atoms with van der Waals surface area (Å²) in [6.07, 6.45) is 2.16. The molecular formula is C12H16BrNO. The SMILES string of the molecule is C[C@@H](O)c1ccc(N2CCCC2)cc1Br. The highest BCUT2D eigenvalue weighted by atomic mass is 79.9. The summed E-state index contributed by atoms with van der Waals surface area (Å²) < 4.78 is 1.00. The minimum atomic E-state index is -0.410. The van der Waals surface area contributed by atoms with Gasteiger partial charge in [0, 0.05) is 23.2 Å². The van der Waals surface area contributed by atoms with E-state index in [0.29, 0.717) is 0 Å². The summed E-state index contributed by atoms with van der Waals surface area (Å²) in [6, 6.07) is 6.20. The summed E-state index contributed by atoms with van der Waals surface area (Å²) >= 11 is 3.51. The highest BCUT2D eigenvalue weighted by molar-refractivity contribution is 9.10. The Kier molecular flexibility index (Phi) is 3.32. The molecule has 82 valence electrons. The molecule has 3 heteroatoms. The number of aliphatic hydroxyl groups is 1. The van der Waals surface area contributed by atoms with Gasteiger partial charge in [0.05, 0.1) is 6.10 Å². The third-order valence-corrected chi connectivity index (χ3v) is 3.59. The van der Waals surface area contributed by atoms with E-state index in [-0.39, 0.29) is 0 Å². The topological polar surface area (TPSA) is 23.5 Å². The van der Waals surface area contributed by atoms with Crippen molar-refractivity contribution in [1.82, 2.24) is 0 Å². The third-order valence-electron chi connectivity index (χ3n) is 2.91. The molecule has 1 saturated heterocycles. The first-order valence-electron chi connectivity index (χ1n) is 5.41. The van der Waals surface area contributed by atoms with Crippen LogP contribution in [-0.2, 0) is 0 Å². The molecule has 0 aliphatic carbocycles. The highest BCUT2D eigenvalue weighted by Gasteiger charge is 2.14. The molecule has 1 aromatic rings. The van der Waals surface area contributed by atoms with Crippen molar-refractivity contribution in [3.63, 3.8) is 0 Å². The molecule has 1 fully saturated rings.